The molecule has 12 heavy (non-hydrogen) atoms. The van der Waals surface area contributed by atoms with Crippen molar-refractivity contribution in [2.24, 2.45) is 5.41 Å². The van der Waals surface area contributed by atoms with Gasteiger partial charge in [-0.2, -0.15) is 0 Å². The van der Waals surface area contributed by atoms with Crippen LogP contribution in [0, 0.1) is 5.41 Å². The standard InChI is InChI=1S/C8H17NO2S/c1-4-5-12(10,11)9-6-8(2,3)7-9/h4-7H2,1-3H3. The highest BCUT2D eigenvalue weighted by atomic mass is 32.2. The van der Waals surface area contributed by atoms with E-state index in [0.717, 1.165) is 0 Å². The molecule has 0 radical (unpaired) electrons. The van der Waals surface area contributed by atoms with E-state index < -0.39 is 10.0 Å². The number of sulfonamides is 1. The van der Waals surface area contributed by atoms with Gasteiger partial charge in [0.25, 0.3) is 0 Å². The lowest BCUT2D eigenvalue weighted by atomic mass is 9.87. The lowest BCUT2D eigenvalue weighted by molar-refractivity contribution is 0.111. The second-order valence-electron chi connectivity index (χ2n) is 4.25. The molecule has 1 heterocycles. The third kappa shape index (κ3) is 1.98. The van der Waals surface area contributed by atoms with Gasteiger partial charge < -0.3 is 0 Å². The van der Waals surface area contributed by atoms with Gasteiger partial charge in [0.2, 0.25) is 10.0 Å². The molecule has 4 heteroatoms. The quantitative estimate of drug-likeness (QED) is 0.669. The molecule has 72 valence electrons. The summed E-state index contributed by atoms with van der Waals surface area (Å²) in [5, 5.41) is 0. The second kappa shape index (κ2) is 3.00. The van der Waals surface area contributed by atoms with Crippen LogP contribution in [0.5, 0.6) is 0 Å². The van der Waals surface area contributed by atoms with Crippen molar-refractivity contribution in [1.82, 2.24) is 4.31 Å². The maximum Gasteiger partial charge on any atom is 0.214 e. The van der Waals surface area contributed by atoms with E-state index in [4.69, 9.17) is 0 Å². The van der Waals surface area contributed by atoms with Crippen LogP contribution in [0.2, 0.25) is 0 Å². The predicted octanol–water partition coefficient (Wildman–Crippen LogP) is 1.07. The summed E-state index contributed by atoms with van der Waals surface area (Å²) in [5.74, 6) is 0.295. The highest BCUT2D eigenvalue weighted by molar-refractivity contribution is 7.89. The predicted molar refractivity (Wildman–Crippen MR) is 49.4 cm³/mol. The first kappa shape index (κ1) is 9.99. The Balaban J connectivity index is 2.53. The minimum absolute atomic E-state index is 0.195. The molecule has 0 unspecified atom stereocenters. The third-order valence-corrected chi connectivity index (χ3v) is 4.03. The molecule has 0 amide bonds. The number of rotatable bonds is 3. The van der Waals surface area contributed by atoms with Crippen LogP contribution in [0.15, 0.2) is 0 Å². The average Bonchev–Trinajstić information content (AvgIpc) is 1.82. The fourth-order valence-corrected chi connectivity index (χ4v) is 3.36. The zero-order valence-electron chi connectivity index (χ0n) is 8.00. The van der Waals surface area contributed by atoms with Crippen LogP contribution in [0.4, 0.5) is 0 Å². The van der Waals surface area contributed by atoms with Gasteiger partial charge in [-0.25, -0.2) is 12.7 Å². The molecule has 1 fully saturated rings. The van der Waals surface area contributed by atoms with Crippen LogP contribution in [0.1, 0.15) is 27.2 Å². The van der Waals surface area contributed by atoms with Crippen LogP contribution < -0.4 is 0 Å². The molecule has 0 aromatic carbocycles. The van der Waals surface area contributed by atoms with Gasteiger partial charge in [-0.15, -0.1) is 0 Å². The maximum absolute atomic E-state index is 11.4. The monoisotopic (exact) mass is 191 g/mol. The first-order valence-corrected chi connectivity index (χ1v) is 5.96. The van der Waals surface area contributed by atoms with Gasteiger partial charge in [-0.3, -0.25) is 0 Å². The summed E-state index contributed by atoms with van der Waals surface area (Å²) in [6.07, 6.45) is 0.708. The van der Waals surface area contributed by atoms with Crippen molar-refractivity contribution in [3.05, 3.63) is 0 Å². The Bertz CT molecular complexity index is 248. The summed E-state index contributed by atoms with van der Waals surface area (Å²) in [6.45, 7) is 7.45. The molecule has 3 nitrogen and oxygen atoms in total. The Hall–Kier alpha value is -0.0900. The van der Waals surface area contributed by atoms with Gasteiger partial charge in [-0.05, 0) is 11.8 Å². The highest BCUT2D eigenvalue weighted by Gasteiger charge is 2.40. The molecular weight excluding hydrogens is 174 g/mol. The number of hydrogen-bond donors (Lipinski definition) is 0. The van der Waals surface area contributed by atoms with E-state index in [2.05, 4.69) is 13.8 Å². The van der Waals surface area contributed by atoms with Gasteiger partial charge in [-0.1, -0.05) is 20.8 Å². The average molecular weight is 191 g/mol. The van der Waals surface area contributed by atoms with E-state index in [1.165, 1.54) is 0 Å². The smallest absolute Gasteiger partial charge is 0.212 e. The Morgan fingerprint density at radius 2 is 1.83 bits per heavy atom. The third-order valence-electron chi connectivity index (χ3n) is 2.06. The minimum atomic E-state index is -2.91. The van der Waals surface area contributed by atoms with E-state index in [1.54, 1.807) is 4.31 Å². The number of nitrogens with zero attached hydrogens (tertiary/aromatic N) is 1. The zero-order valence-corrected chi connectivity index (χ0v) is 8.82. The molecule has 0 aromatic rings. The van der Waals surface area contributed by atoms with Crippen LogP contribution in [-0.2, 0) is 10.0 Å². The molecule has 1 aliphatic heterocycles. The van der Waals surface area contributed by atoms with Gasteiger partial charge in [0.1, 0.15) is 0 Å². The van der Waals surface area contributed by atoms with E-state index in [1.807, 2.05) is 6.92 Å². The van der Waals surface area contributed by atoms with Crippen molar-refractivity contribution in [2.45, 2.75) is 27.2 Å². The first-order chi connectivity index (χ1) is 5.37. The summed E-state index contributed by atoms with van der Waals surface area (Å²) in [6, 6.07) is 0. The normalized spacial score (nSPS) is 23.6. The Kier molecular flexibility index (Phi) is 2.50. The fourth-order valence-electron chi connectivity index (χ4n) is 1.49. The first-order valence-electron chi connectivity index (χ1n) is 4.35. The van der Waals surface area contributed by atoms with Crippen LogP contribution >= 0.6 is 0 Å². The van der Waals surface area contributed by atoms with Crippen molar-refractivity contribution in [1.29, 1.82) is 0 Å². The van der Waals surface area contributed by atoms with Gasteiger partial charge in [0, 0.05) is 13.1 Å². The second-order valence-corrected chi connectivity index (χ2v) is 6.34. The SMILES string of the molecule is CCCS(=O)(=O)N1CC(C)(C)C1. The van der Waals surface area contributed by atoms with Gasteiger partial charge in [0.05, 0.1) is 5.75 Å². The van der Waals surface area contributed by atoms with E-state index in [-0.39, 0.29) is 5.41 Å². The van der Waals surface area contributed by atoms with Crippen molar-refractivity contribution >= 4 is 10.0 Å². The maximum atomic E-state index is 11.4. The molecule has 0 bridgehead atoms. The number of hydrogen-bond acceptors (Lipinski definition) is 2. The van der Waals surface area contributed by atoms with Crippen LogP contribution in [0.3, 0.4) is 0 Å². The summed E-state index contributed by atoms with van der Waals surface area (Å²) >= 11 is 0. The molecule has 1 aliphatic rings. The topological polar surface area (TPSA) is 37.4 Å². The van der Waals surface area contributed by atoms with E-state index in [0.29, 0.717) is 25.3 Å². The van der Waals surface area contributed by atoms with Crippen LogP contribution in [-0.4, -0.2) is 31.6 Å². The van der Waals surface area contributed by atoms with E-state index in [9.17, 15) is 8.42 Å². The zero-order chi connectivity index (χ0) is 9.41. The molecule has 0 atom stereocenters. The molecule has 0 aromatic heterocycles. The van der Waals surface area contributed by atoms with Gasteiger partial charge in [0.15, 0.2) is 0 Å². The summed E-state index contributed by atoms with van der Waals surface area (Å²) in [4.78, 5) is 0. The van der Waals surface area contributed by atoms with E-state index >= 15 is 0 Å². The largest absolute Gasteiger partial charge is 0.214 e. The summed E-state index contributed by atoms with van der Waals surface area (Å²) in [5.41, 5.74) is 0.195. The lowest BCUT2D eigenvalue weighted by Crippen LogP contribution is -2.55. The van der Waals surface area contributed by atoms with Crippen molar-refractivity contribution in [3.63, 3.8) is 0 Å². The summed E-state index contributed by atoms with van der Waals surface area (Å²) < 4.78 is 24.4. The molecule has 0 N–H and O–H groups in total. The lowest BCUT2D eigenvalue weighted by Gasteiger charge is -2.44. The Morgan fingerprint density at radius 1 is 1.33 bits per heavy atom. The molecule has 1 saturated heterocycles. The summed E-state index contributed by atoms with van der Waals surface area (Å²) in [7, 11) is -2.91. The molecule has 0 aliphatic carbocycles. The molecule has 0 saturated carbocycles. The van der Waals surface area contributed by atoms with Crippen molar-refractivity contribution in [2.75, 3.05) is 18.8 Å². The van der Waals surface area contributed by atoms with Gasteiger partial charge >= 0.3 is 0 Å². The Morgan fingerprint density at radius 3 is 2.17 bits per heavy atom. The molecular formula is C8H17NO2S. The fraction of sp³-hybridized carbons (Fsp3) is 1.00. The molecule has 0 spiro atoms. The Labute approximate surface area is 74.8 Å². The molecule has 1 rings (SSSR count). The van der Waals surface area contributed by atoms with Crippen molar-refractivity contribution < 1.29 is 8.42 Å². The minimum Gasteiger partial charge on any atom is -0.212 e. The van der Waals surface area contributed by atoms with Crippen LogP contribution in [0.25, 0.3) is 0 Å². The highest BCUT2D eigenvalue weighted by Crippen LogP contribution is 2.31. The van der Waals surface area contributed by atoms with Crippen molar-refractivity contribution in [3.8, 4) is 0 Å².